The molecule has 0 atom stereocenters. The Hall–Kier alpha value is -1.69. The maximum Gasteiger partial charge on any atom is 0.311 e. The molecule has 1 saturated carbocycles. The Kier molecular flexibility index (Phi) is 2.97. The van der Waals surface area contributed by atoms with Crippen LogP contribution in [-0.4, -0.2) is 22.0 Å². The van der Waals surface area contributed by atoms with Crippen molar-refractivity contribution in [2.24, 2.45) is 5.73 Å². The summed E-state index contributed by atoms with van der Waals surface area (Å²) in [6.45, 7) is 2.31. The quantitative estimate of drug-likeness (QED) is 0.611. The monoisotopic (exact) mass is 236 g/mol. The molecule has 6 heteroatoms. The van der Waals surface area contributed by atoms with E-state index in [9.17, 15) is 10.1 Å². The molecule has 17 heavy (non-hydrogen) atoms. The molecule has 0 saturated heterocycles. The molecule has 1 heterocycles. The fraction of sp³-hybridized carbons (Fsp3) is 0.545. The standard InChI is InChI=1S/C11H16N4O2/c1-8-5-9(15(16)17)10(13-6-8)14-7-11(12)3-2-4-11/h5-6H,2-4,7,12H2,1H3,(H,13,14). The SMILES string of the molecule is Cc1cnc(NCC2(N)CCC2)c([N+](=O)[O-])c1. The van der Waals surface area contributed by atoms with Crippen LogP contribution in [0.15, 0.2) is 12.3 Å². The molecule has 6 nitrogen and oxygen atoms in total. The Balaban J connectivity index is 2.12. The molecule has 3 N–H and O–H groups in total. The third-order valence-electron chi connectivity index (χ3n) is 3.16. The number of nitro groups is 1. The van der Waals surface area contributed by atoms with Crippen LogP contribution in [0.25, 0.3) is 0 Å². The Labute approximate surface area is 99.4 Å². The van der Waals surface area contributed by atoms with Gasteiger partial charge in [-0.1, -0.05) is 0 Å². The summed E-state index contributed by atoms with van der Waals surface area (Å²) in [5, 5.41) is 13.9. The van der Waals surface area contributed by atoms with Crippen molar-refractivity contribution in [2.75, 3.05) is 11.9 Å². The molecule has 0 radical (unpaired) electrons. The van der Waals surface area contributed by atoms with Gasteiger partial charge in [-0.2, -0.15) is 0 Å². The van der Waals surface area contributed by atoms with E-state index < -0.39 is 4.92 Å². The second-order valence-electron chi connectivity index (χ2n) is 4.71. The van der Waals surface area contributed by atoms with Crippen LogP contribution in [0, 0.1) is 17.0 Å². The molecule has 1 aromatic rings. The van der Waals surface area contributed by atoms with E-state index in [1.165, 1.54) is 6.07 Å². The number of anilines is 1. The van der Waals surface area contributed by atoms with E-state index in [1.54, 1.807) is 13.1 Å². The number of rotatable bonds is 4. The lowest BCUT2D eigenvalue weighted by Crippen LogP contribution is -2.52. The maximum atomic E-state index is 10.9. The van der Waals surface area contributed by atoms with Gasteiger partial charge in [0.05, 0.1) is 4.92 Å². The second-order valence-corrected chi connectivity index (χ2v) is 4.71. The Bertz CT molecular complexity index is 443. The molecular formula is C11H16N4O2. The van der Waals surface area contributed by atoms with Gasteiger partial charge < -0.3 is 11.1 Å². The van der Waals surface area contributed by atoms with Crippen LogP contribution in [0.4, 0.5) is 11.5 Å². The lowest BCUT2D eigenvalue weighted by molar-refractivity contribution is -0.384. The van der Waals surface area contributed by atoms with Gasteiger partial charge in [0.2, 0.25) is 5.82 Å². The zero-order chi connectivity index (χ0) is 12.5. The number of aromatic nitrogens is 1. The molecule has 1 aliphatic carbocycles. The summed E-state index contributed by atoms with van der Waals surface area (Å²) in [7, 11) is 0. The predicted molar refractivity (Wildman–Crippen MR) is 64.9 cm³/mol. The molecule has 0 bridgehead atoms. The summed E-state index contributed by atoms with van der Waals surface area (Å²) in [5.41, 5.74) is 6.60. The van der Waals surface area contributed by atoms with E-state index >= 15 is 0 Å². The minimum absolute atomic E-state index is 0.00734. The van der Waals surface area contributed by atoms with Crippen molar-refractivity contribution in [3.05, 3.63) is 27.9 Å². The van der Waals surface area contributed by atoms with Gasteiger partial charge in [-0.15, -0.1) is 0 Å². The number of hydrogen-bond donors (Lipinski definition) is 2. The molecule has 0 aromatic carbocycles. The van der Waals surface area contributed by atoms with Crippen molar-refractivity contribution in [3.8, 4) is 0 Å². The zero-order valence-corrected chi connectivity index (χ0v) is 9.77. The van der Waals surface area contributed by atoms with Crippen molar-refractivity contribution in [3.63, 3.8) is 0 Å². The predicted octanol–water partition coefficient (Wildman–Crippen LogP) is 1.59. The van der Waals surface area contributed by atoms with E-state index in [0.717, 1.165) is 24.8 Å². The molecule has 0 spiro atoms. The Morgan fingerprint density at radius 3 is 2.88 bits per heavy atom. The van der Waals surface area contributed by atoms with E-state index in [4.69, 9.17) is 5.73 Å². The van der Waals surface area contributed by atoms with Crippen molar-refractivity contribution in [1.29, 1.82) is 0 Å². The lowest BCUT2D eigenvalue weighted by atomic mass is 9.78. The molecule has 1 aromatic heterocycles. The zero-order valence-electron chi connectivity index (χ0n) is 9.77. The highest BCUT2D eigenvalue weighted by molar-refractivity contribution is 5.56. The summed E-state index contributed by atoms with van der Waals surface area (Å²) in [5.74, 6) is 0.303. The lowest BCUT2D eigenvalue weighted by Gasteiger charge is -2.38. The van der Waals surface area contributed by atoms with Crippen LogP contribution in [0.1, 0.15) is 24.8 Å². The smallest absolute Gasteiger partial charge is 0.311 e. The average molecular weight is 236 g/mol. The molecule has 0 unspecified atom stereocenters. The number of nitrogens with two attached hydrogens (primary N) is 1. The first-order valence-electron chi connectivity index (χ1n) is 5.64. The number of nitrogens with one attached hydrogen (secondary N) is 1. The summed E-state index contributed by atoms with van der Waals surface area (Å²) in [6.07, 6.45) is 4.65. The van der Waals surface area contributed by atoms with Crippen LogP contribution in [0.5, 0.6) is 0 Å². The van der Waals surface area contributed by atoms with Gasteiger partial charge >= 0.3 is 5.69 Å². The number of nitrogens with zero attached hydrogens (tertiary/aromatic N) is 2. The molecule has 0 aliphatic heterocycles. The van der Waals surface area contributed by atoms with Gasteiger partial charge in [0.1, 0.15) is 0 Å². The van der Waals surface area contributed by atoms with Crippen molar-refractivity contribution in [2.45, 2.75) is 31.7 Å². The fourth-order valence-corrected chi connectivity index (χ4v) is 1.90. The molecule has 2 rings (SSSR count). The third kappa shape index (κ3) is 2.52. The fourth-order valence-electron chi connectivity index (χ4n) is 1.90. The topological polar surface area (TPSA) is 94.1 Å². The summed E-state index contributed by atoms with van der Waals surface area (Å²) >= 11 is 0. The van der Waals surface area contributed by atoms with E-state index in [2.05, 4.69) is 10.3 Å². The highest BCUT2D eigenvalue weighted by atomic mass is 16.6. The minimum Gasteiger partial charge on any atom is -0.362 e. The van der Waals surface area contributed by atoms with Crippen LogP contribution in [-0.2, 0) is 0 Å². The molecule has 1 aliphatic rings. The van der Waals surface area contributed by atoms with Crippen LogP contribution < -0.4 is 11.1 Å². The van der Waals surface area contributed by atoms with Crippen molar-refractivity contribution in [1.82, 2.24) is 4.98 Å². The third-order valence-corrected chi connectivity index (χ3v) is 3.16. The second kappa shape index (κ2) is 4.29. The average Bonchev–Trinajstić information content (AvgIpc) is 2.24. The van der Waals surface area contributed by atoms with Crippen LogP contribution in [0.3, 0.4) is 0 Å². The van der Waals surface area contributed by atoms with Gasteiger partial charge in [0.25, 0.3) is 0 Å². The molecule has 92 valence electrons. The van der Waals surface area contributed by atoms with E-state index in [-0.39, 0.29) is 11.2 Å². The van der Waals surface area contributed by atoms with Gasteiger partial charge in [-0.25, -0.2) is 4.98 Å². The van der Waals surface area contributed by atoms with Gasteiger partial charge in [0, 0.05) is 24.3 Å². The summed E-state index contributed by atoms with van der Waals surface area (Å²) < 4.78 is 0. The first-order valence-corrected chi connectivity index (χ1v) is 5.64. The molecule has 0 amide bonds. The maximum absolute atomic E-state index is 10.9. The van der Waals surface area contributed by atoms with Crippen molar-refractivity contribution < 1.29 is 4.92 Å². The van der Waals surface area contributed by atoms with Crippen LogP contribution in [0.2, 0.25) is 0 Å². The van der Waals surface area contributed by atoms with Crippen LogP contribution >= 0.6 is 0 Å². The first kappa shape index (κ1) is 11.8. The largest absolute Gasteiger partial charge is 0.362 e. The number of aryl methyl sites for hydroxylation is 1. The van der Waals surface area contributed by atoms with Crippen molar-refractivity contribution >= 4 is 11.5 Å². The Morgan fingerprint density at radius 2 is 2.35 bits per heavy atom. The van der Waals surface area contributed by atoms with Gasteiger partial charge in [-0.3, -0.25) is 10.1 Å². The van der Waals surface area contributed by atoms with E-state index in [1.807, 2.05) is 0 Å². The molecule has 1 fully saturated rings. The summed E-state index contributed by atoms with van der Waals surface area (Å²) in [6, 6.07) is 1.51. The van der Waals surface area contributed by atoms with Gasteiger partial charge in [-0.05, 0) is 31.7 Å². The summed E-state index contributed by atoms with van der Waals surface area (Å²) in [4.78, 5) is 14.5. The first-order chi connectivity index (χ1) is 8.00. The normalized spacial score (nSPS) is 17.3. The highest BCUT2D eigenvalue weighted by Crippen LogP contribution is 2.30. The van der Waals surface area contributed by atoms with E-state index in [0.29, 0.717) is 12.4 Å². The van der Waals surface area contributed by atoms with Gasteiger partial charge in [0.15, 0.2) is 0 Å². The molecular weight excluding hydrogens is 220 g/mol. The highest BCUT2D eigenvalue weighted by Gasteiger charge is 2.32. The number of hydrogen-bond acceptors (Lipinski definition) is 5. The number of pyridine rings is 1. The Morgan fingerprint density at radius 1 is 1.65 bits per heavy atom. The minimum atomic E-state index is -0.424.